The van der Waals surface area contributed by atoms with Crippen molar-refractivity contribution in [2.24, 2.45) is 0 Å². The summed E-state index contributed by atoms with van der Waals surface area (Å²) in [6.07, 6.45) is 2.50. The Balaban J connectivity index is 1.55. The monoisotopic (exact) mass is 373 g/mol. The second-order valence-electron chi connectivity index (χ2n) is 5.46. The van der Waals surface area contributed by atoms with Crippen molar-refractivity contribution in [3.63, 3.8) is 0 Å². The van der Waals surface area contributed by atoms with E-state index in [1.165, 1.54) is 42.5 Å². The van der Waals surface area contributed by atoms with Crippen LogP contribution in [-0.2, 0) is 9.53 Å². The lowest BCUT2D eigenvalue weighted by Crippen LogP contribution is -2.32. The Hall–Kier alpha value is -3.55. The minimum Gasteiger partial charge on any atom is -0.441 e. The molecule has 2 amide bonds. The van der Waals surface area contributed by atoms with E-state index in [1.807, 2.05) is 0 Å². The van der Waals surface area contributed by atoms with Crippen LogP contribution in [0, 0.1) is 0 Å². The molecular weight excluding hydrogens is 360 g/mol. The predicted molar refractivity (Wildman–Crippen MR) is 90.0 cm³/mol. The van der Waals surface area contributed by atoms with E-state index in [1.54, 1.807) is 12.1 Å². The van der Waals surface area contributed by atoms with E-state index < -0.39 is 31.1 Å². The lowest BCUT2D eigenvalue weighted by molar-refractivity contribution is -0.140. The molecule has 0 spiro atoms. The first-order valence-electron chi connectivity index (χ1n) is 7.80. The molecule has 8 heteroatoms. The second kappa shape index (κ2) is 7.77. The van der Waals surface area contributed by atoms with Crippen LogP contribution in [0.15, 0.2) is 54.6 Å². The summed E-state index contributed by atoms with van der Waals surface area (Å²) >= 11 is 0. The molecule has 6 nitrogen and oxygen atoms in total. The fourth-order valence-electron chi connectivity index (χ4n) is 2.46. The molecule has 1 aliphatic heterocycles. The number of amides is 2. The topological polar surface area (TPSA) is 72.9 Å². The zero-order chi connectivity index (χ0) is 19.4. The lowest BCUT2D eigenvalue weighted by atomic mass is 10.1. The predicted octanol–water partition coefficient (Wildman–Crippen LogP) is 3.10. The number of esters is 1. The quantitative estimate of drug-likeness (QED) is 0.442. The van der Waals surface area contributed by atoms with Crippen molar-refractivity contribution in [3.05, 3.63) is 71.3 Å². The molecule has 2 aromatic carbocycles. The number of imide groups is 1. The van der Waals surface area contributed by atoms with Gasteiger partial charge in [-0.1, -0.05) is 24.3 Å². The summed E-state index contributed by atoms with van der Waals surface area (Å²) < 4.78 is 33.3. The molecular formula is C19H13F2NO5. The Morgan fingerprint density at radius 2 is 1.59 bits per heavy atom. The van der Waals surface area contributed by atoms with Crippen LogP contribution in [0.5, 0.6) is 5.75 Å². The van der Waals surface area contributed by atoms with E-state index in [4.69, 9.17) is 4.74 Å². The Kier molecular flexibility index (Phi) is 5.25. The highest BCUT2D eigenvalue weighted by Gasteiger charge is 2.35. The van der Waals surface area contributed by atoms with Gasteiger partial charge in [0.15, 0.2) is 6.73 Å². The van der Waals surface area contributed by atoms with E-state index in [-0.39, 0.29) is 16.9 Å². The van der Waals surface area contributed by atoms with E-state index >= 15 is 0 Å². The highest BCUT2D eigenvalue weighted by Crippen LogP contribution is 2.22. The van der Waals surface area contributed by atoms with Crippen LogP contribution in [0.25, 0.3) is 6.08 Å². The maximum absolute atomic E-state index is 12.1. The molecule has 0 N–H and O–H groups in total. The Morgan fingerprint density at radius 3 is 2.15 bits per heavy atom. The zero-order valence-corrected chi connectivity index (χ0v) is 13.8. The van der Waals surface area contributed by atoms with E-state index in [0.717, 1.165) is 11.0 Å². The van der Waals surface area contributed by atoms with Crippen molar-refractivity contribution >= 4 is 23.9 Å². The first-order valence-corrected chi connectivity index (χ1v) is 7.80. The number of ether oxygens (including phenoxy) is 2. The van der Waals surface area contributed by atoms with Gasteiger partial charge in [-0.05, 0) is 35.9 Å². The minimum atomic E-state index is -2.91. The van der Waals surface area contributed by atoms with Crippen molar-refractivity contribution in [2.45, 2.75) is 6.61 Å². The number of carbonyl (C=O) groups is 3. The second-order valence-corrected chi connectivity index (χ2v) is 5.46. The normalized spacial score (nSPS) is 13.4. The van der Waals surface area contributed by atoms with Gasteiger partial charge in [0, 0.05) is 6.08 Å². The van der Waals surface area contributed by atoms with Gasteiger partial charge in [-0.2, -0.15) is 8.78 Å². The molecule has 0 aliphatic carbocycles. The zero-order valence-electron chi connectivity index (χ0n) is 13.8. The summed E-state index contributed by atoms with van der Waals surface area (Å²) in [6.45, 7) is -3.42. The molecule has 0 unspecified atom stereocenters. The number of carbonyl (C=O) groups excluding carboxylic acids is 3. The molecule has 0 saturated carbocycles. The molecule has 0 saturated heterocycles. The van der Waals surface area contributed by atoms with Crippen LogP contribution in [0.4, 0.5) is 8.78 Å². The lowest BCUT2D eigenvalue weighted by Gasteiger charge is -2.12. The van der Waals surface area contributed by atoms with Crippen LogP contribution < -0.4 is 4.74 Å². The van der Waals surface area contributed by atoms with Crippen LogP contribution >= 0.6 is 0 Å². The van der Waals surface area contributed by atoms with Gasteiger partial charge in [0.2, 0.25) is 0 Å². The average molecular weight is 373 g/mol. The van der Waals surface area contributed by atoms with Crippen LogP contribution in [-0.4, -0.2) is 36.0 Å². The van der Waals surface area contributed by atoms with E-state index in [9.17, 15) is 23.2 Å². The Labute approximate surface area is 152 Å². The first-order chi connectivity index (χ1) is 13.0. The average Bonchev–Trinajstić information content (AvgIpc) is 2.90. The maximum atomic E-state index is 12.1. The van der Waals surface area contributed by atoms with Gasteiger partial charge in [0.1, 0.15) is 5.75 Å². The van der Waals surface area contributed by atoms with Gasteiger partial charge in [0.05, 0.1) is 11.1 Å². The highest BCUT2D eigenvalue weighted by atomic mass is 19.3. The summed E-state index contributed by atoms with van der Waals surface area (Å²) in [5, 5.41) is 0. The molecule has 1 aliphatic rings. The Bertz CT molecular complexity index is 874. The van der Waals surface area contributed by atoms with Gasteiger partial charge < -0.3 is 9.47 Å². The molecule has 0 aromatic heterocycles. The minimum absolute atomic E-state index is 0.00430. The number of halogens is 2. The summed E-state index contributed by atoms with van der Waals surface area (Å²) in [5.74, 6) is -1.82. The molecule has 0 radical (unpaired) electrons. The number of benzene rings is 2. The van der Waals surface area contributed by atoms with Crippen molar-refractivity contribution in [1.29, 1.82) is 0 Å². The van der Waals surface area contributed by atoms with Gasteiger partial charge in [-0.25, -0.2) is 9.69 Å². The molecule has 2 aromatic rings. The number of hydrogen-bond donors (Lipinski definition) is 0. The molecule has 0 fully saturated rings. The number of alkyl halides is 2. The third kappa shape index (κ3) is 4.17. The van der Waals surface area contributed by atoms with Gasteiger partial charge >= 0.3 is 12.6 Å². The first kappa shape index (κ1) is 18.2. The number of rotatable bonds is 6. The highest BCUT2D eigenvalue weighted by molar-refractivity contribution is 6.21. The largest absolute Gasteiger partial charge is 0.441 e. The van der Waals surface area contributed by atoms with Crippen LogP contribution in [0.1, 0.15) is 26.3 Å². The van der Waals surface area contributed by atoms with Crippen LogP contribution in [0.2, 0.25) is 0 Å². The molecule has 0 bridgehead atoms. The standard InChI is InChI=1S/C19H13F2NO5/c20-19(21)27-13-8-5-12(6-9-13)7-10-16(23)26-11-22-17(24)14-3-1-2-4-15(14)18(22)25/h1-10,19H,11H2/b10-7+. The third-order valence-electron chi connectivity index (χ3n) is 3.73. The van der Waals surface area contributed by atoms with E-state index in [2.05, 4.69) is 4.74 Å². The molecule has 3 rings (SSSR count). The number of fused-ring (bicyclic) bond motifs is 1. The summed E-state index contributed by atoms with van der Waals surface area (Å²) in [4.78, 5) is 36.9. The van der Waals surface area contributed by atoms with Crippen molar-refractivity contribution in [3.8, 4) is 5.75 Å². The fraction of sp³-hybridized carbons (Fsp3) is 0.105. The fourth-order valence-corrected chi connectivity index (χ4v) is 2.46. The smallest absolute Gasteiger partial charge is 0.387 e. The van der Waals surface area contributed by atoms with E-state index in [0.29, 0.717) is 5.56 Å². The van der Waals surface area contributed by atoms with Crippen molar-refractivity contribution < 1.29 is 32.6 Å². The maximum Gasteiger partial charge on any atom is 0.387 e. The SMILES string of the molecule is O=C(/C=C/c1ccc(OC(F)F)cc1)OCN1C(=O)c2ccccc2C1=O. The summed E-state index contributed by atoms with van der Waals surface area (Å²) in [5.41, 5.74) is 1.08. The van der Waals surface area contributed by atoms with Crippen LogP contribution in [0.3, 0.4) is 0 Å². The Morgan fingerprint density at radius 1 is 1.00 bits per heavy atom. The number of hydrogen-bond acceptors (Lipinski definition) is 5. The van der Waals surface area contributed by atoms with Gasteiger partial charge in [-0.3, -0.25) is 9.59 Å². The summed E-state index contributed by atoms with van der Waals surface area (Å²) in [7, 11) is 0. The van der Waals surface area contributed by atoms with Gasteiger partial charge in [-0.15, -0.1) is 0 Å². The molecule has 0 atom stereocenters. The molecule has 27 heavy (non-hydrogen) atoms. The van der Waals surface area contributed by atoms with Crippen molar-refractivity contribution in [1.82, 2.24) is 4.90 Å². The van der Waals surface area contributed by atoms with Crippen molar-refractivity contribution in [2.75, 3.05) is 6.73 Å². The molecule has 138 valence electrons. The third-order valence-corrected chi connectivity index (χ3v) is 3.73. The summed E-state index contributed by atoms with van der Waals surface area (Å²) in [6, 6.07) is 11.9. The number of nitrogens with zero attached hydrogens (tertiary/aromatic N) is 1. The van der Waals surface area contributed by atoms with Gasteiger partial charge in [0.25, 0.3) is 11.8 Å². The molecule has 1 heterocycles.